The number of carbonyl (C=O) groups is 1. The van der Waals surface area contributed by atoms with Gasteiger partial charge in [-0.2, -0.15) is 0 Å². The molecule has 0 aliphatic carbocycles. The summed E-state index contributed by atoms with van der Waals surface area (Å²) in [6.45, 7) is 0. The summed E-state index contributed by atoms with van der Waals surface area (Å²) >= 11 is 4.07. The number of carboxylic acid groups (broad SMARTS) is 1. The van der Waals surface area contributed by atoms with Gasteiger partial charge in [0.25, 0.3) is 0 Å². The first-order chi connectivity index (χ1) is 11.1. The molecule has 0 bridgehead atoms. The van der Waals surface area contributed by atoms with Gasteiger partial charge in [-0.15, -0.1) is 0 Å². The molecule has 0 radical (unpaired) electrons. The van der Waals surface area contributed by atoms with Crippen molar-refractivity contribution >= 4 is 24.6 Å². The Labute approximate surface area is 140 Å². The van der Waals surface area contributed by atoms with Crippen LogP contribution in [0.3, 0.4) is 0 Å². The highest BCUT2D eigenvalue weighted by Crippen LogP contribution is 2.32. The van der Waals surface area contributed by atoms with Crippen molar-refractivity contribution < 1.29 is 9.90 Å². The Kier molecular flexibility index (Phi) is 4.35. The molecule has 0 aliphatic rings. The molecule has 114 valence electrons. The summed E-state index contributed by atoms with van der Waals surface area (Å²) in [7, 11) is 0. The van der Waals surface area contributed by atoms with Crippen molar-refractivity contribution in [3.63, 3.8) is 0 Å². The zero-order valence-corrected chi connectivity index (χ0v) is 13.1. The normalized spacial score (nSPS) is 10.3. The highest BCUT2D eigenvalue weighted by atomic mass is 32.1. The average Bonchev–Trinajstić information content (AvgIpc) is 2.62. The van der Waals surface area contributed by atoms with Crippen molar-refractivity contribution in [3.8, 4) is 22.3 Å². The zero-order chi connectivity index (χ0) is 16.2. The van der Waals surface area contributed by atoms with Crippen LogP contribution in [0.25, 0.3) is 22.3 Å². The van der Waals surface area contributed by atoms with Crippen LogP contribution >= 0.6 is 12.8 Å². The molecular weight excluding hydrogens is 306 g/mol. The van der Waals surface area contributed by atoms with Crippen LogP contribution in [-0.2, 0) is 0 Å². The largest absolute Gasteiger partial charge is 0.464 e. The van der Waals surface area contributed by atoms with Crippen LogP contribution in [-0.4, -0.2) is 11.2 Å². The van der Waals surface area contributed by atoms with E-state index in [0.717, 1.165) is 26.6 Å². The van der Waals surface area contributed by atoms with Crippen molar-refractivity contribution in [2.45, 2.75) is 0 Å². The maximum absolute atomic E-state index is 11.2. The summed E-state index contributed by atoms with van der Waals surface area (Å²) < 4.78 is 0.929. The Balaban J connectivity index is 2.17. The minimum absolute atomic E-state index is 0.515. The van der Waals surface area contributed by atoms with Gasteiger partial charge in [-0.1, -0.05) is 73.5 Å². The molecule has 1 N–H and O–H groups in total. The average molecular weight is 321 g/mol. The molecule has 23 heavy (non-hydrogen) atoms. The van der Waals surface area contributed by atoms with Gasteiger partial charge in [-0.05, 0) is 40.5 Å². The molecule has 4 heteroatoms. The first-order valence-corrected chi connectivity index (χ1v) is 7.53. The highest BCUT2D eigenvalue weighted by molar-refractivity contribution is 7.82. The third kappa shape index (κ3) is 3.38. The molecule has 0 spiro atoms. The van der Waals surface area contributed by atoms with E-state index in [1.165, 1.54) is 0 Å². The fourth-order valence-corrected chi connectivity index (χ4v) is 2.55. The molecule has 0 aliphatic heterocycles. The molecule has 1 amide bonds. The zero-order valence-electron chi connectivity index (χ0n) is 12.3. The van der Waals surface area contributed by atoms with E-state index in [4.69, 9.17) is 0 Å². The Morgan fingerprint density at radius 1 is 0.739 bits per heavy atom. The summed E-state index contributed by atoms with van der Waals surface area (Å²) in [5, 5.41) is 9.21. The van der Waals surface area contributed by atoms with Crippen molar-refractivity contribution in [2.24, 2.45) is 0 Å². The van der Waals surface area contributed by atoms with Crippen molar-refractivity contribution in [1.29, 1.82) is 0 Å². The number of thiol groups is 1. The fourth-order valence-electron chi connectivity index (χ4n) is 2.44. The Hall–Kier alpha value is -2.72. The maximum atomic E-state index is 11.2. The third-order valence-corrected chi connectivity index (χ3v) is 3.96. The minimum Gasteiger partial charge on any atom is -0.464 e. The molecule has 3 rings (SSSR count). The summed E-state index contributed by atoms with van der Waals surface area (Å²) in [6, 6.07) is 25.4. The van der Waals surface area contributed by atoms with Gasteiger partial charge in [0.15, 0.2) is 0 Å². The molecular formula is C19H15NO2S. The summed E-state index contributed by atoms with van der Waals surface area (Å²) in [6.07, 6.45) is -1.11. The van der Waals surface area contributed by atoms with E-state index in [2.05, 4.69) is 18.9 Å². The lowest BCUT2D eigenvalue weighted by Crippen LogP contribution is -2.17. The van der Waals surface area contributed by atoms with Crippen molar-refractivity contribution in [1.82, 2.24) is 0 Å². The van der Waals surface area contributed by atoms with Gasteiger partial charge < -0.3 is 5.11 Å². The van der Waals surface area contributed by atoms with Gasteiger partial charge in [0.05, 0.1) is 5.69 Å². The second-order valence-corrected chi connectivity index (χ2v) is 5.49. The number of rotatable bonds is 3. The van der Waals surface area contributed by atoms with E-state index in [9.17, 15) is 9.90 Å². The molecule has 3 aromatic rings. The SMILES string of the molecule is O=C(O)N(S)c1cc(-c2ccccc2)cc(-c2ccccc2)c1. The Morgan fingerprint density at radius 3 is 1.57 bits per heavy atom. The highest BCUT2D eigenvalue weighted by Gasteiger charge is 2.13. The number of anilines is 1. The lowest BCUT2D eigenvalue weighted by atomic mass is 9.98. The van der Waals surface area contributed by atoms with Gasteiger partial charge in [-0.25, -0.2) is 9.10 Å². The first kappa shape index (κ1) is 15.2. The van der Waals surface area contributed by atoms with Crippen LogP contribution in [0.15, 0.2) is 78.9 Å². The first-order valence-electron chi connectivity index (χ1n) is 7.13. The Bertz CT molecular complexity index is 762. The predicted molar refractivity (Wildman–Crippen MR) is 96.8 cm³/mol. The molecule has 0 unspecified atom stereocenters. The van der Waals surface area contributed by atoms with Crippen LogP contribution in [0, 0.1) is 0 Å². The van der Waals surface area contributed by atoms with Crippen LogP contribution in [0.4, 0.5) is 10.5 Å². The molecule has 0 saturated heterocycles. The number of hydrogen-bond donors (Lipinski definition) is 2. The van der Waals surface area contributed by atoms with Gasteiger partial charge in [-0.3, -0.25) is 0 Å². The second-order valence-electron chi connectivity index (χ2n) is 5.09. The molecule has 3 nitrogen and oxygen atoms in total. The van der Waals surface area contributed by atoms with Gasteiger partial charge in [0.2, 0.25) is 0 Å². The van der Waals surface area contributed by atoms with Gasteiger partial charge in [0.1, 0.15) is 0 Å². The van der Waals surface area contributed by atoms with E-state index in [-0.39, 0.29) is 0 Å². The molecule has 0 aromatic heterocycles. The third-order valence-electron chi connectivity index (χ3n) is 3.56. The maximum Gasteiger partial charge on any atom is 0.421 e. The number of amides is 1. The fraction of sp³-hybridized carbons (Fsp3) is 0. The topological polar surface area (TPSA) is 40.5 Å². The lowest BCUT2D eigenvalue weighted by Gasteiger charge is -2.15. The summed E-state index contributed by atoms with van der Waals surface area (Å²) in [5.74, 6) is 0. The van der Waals surface area contributed by atoms with Crippen molar-refractivity contribution in [3.05, 3.63) is 78.9 Å². The van der Waals surface area contributed by atoms with Gasteiger partial charge in [0, 0.05) is 0 Å². The molecule has 0 saturated carbocycles. The molecule has 3 aromatic carbocycles. The number of benzene rings is 3. The second kappa shape index (κ2) is 6.58. The molecule has 0 heterocycles. The standard InChI is InChI=1S/C19H15NO2S/c21-19(22)20(23)18-12-16(14-7-3-1-4-8-14)11-17(13-18)15-9-5-2-6-10-15/h1-13,23H,(H,21,22). The lowest BCUT2D eigenvalue weighted by molar-refractivity contribution is 0.206. The quantitative estimate of drug-likeness (QED) is 0.638. The summed E-state index contributed by atoms with van der Waals surface area (Å²) in [5.41, 5.74) is 4.46. The van der Waals surface area contributed by atoms with E-state index < -0.39 is 6.09 Å². The number of hydrogen-bond acceptors (Lipinski definition) is 2. The van der Waals surface area contributed by atoms with Crippen LogP contribution in [0.2, 0.25) is 0 Å². The molecule has 0 fully saturated rings. The van der Waals surface area contributed by atoms with Crippen LogP contribution in [0.5, 0.6) is 0 Å². The summed E-state index contributed by atoms with van der Waals surface area (Å²) in [4.78, 5) is 11.2. The smallest absolute Gasteiger partial charge is 0.421 e. The minimum atomic E-state index is -1.11. The molecule has 0 atom stereocenters. The Morgan fingerprint density at radius 2 is 1.17 bits per heavy atom. The van der Waals surface area contributed by atoms with Gasteiger partial charge >= 0.3 is 6.09 Å². The van der Waals surface area contributed by atoms with Crippen LogP contribution in [0.1, 0.15) is 0 Å². The van der Waals surface area contributed by atoms with E-state index in [0.29, 0.717) is 5.69 Å². The van der Waals surface area contributed by atoms with Crippen LogP contribution < -0.4 is 4.31 Å². The van der Waals surface area contributed by atoms with E-state index in [1.807, 2.05) is 72.8 Å². The van der Waals surface area contributed by atoms with E-state index in [1.54, 1.807) is 0 Å². The monoisotopic (exact) mass is 321 g/mol. The van der Waals surface area contributed by atoms with Crippen molar-refractivity contribution in [2.75, 3.05) is 4.31 Å². The number of nitrogens with zero attached hydrogens (tertiary/aromatic N) is 1. The van der Waals surface area contributed by atoms with E-state index >= 15 is 0 Å². The predicted octanol–water partition coefficient (Wildman–Crippen LogP) is 5.35.